The maximum atomic E-state index is 11.8. The van der Waals surface area contributed by atoms with E-state index in [4.69, 9.17) is 10.5 Å². The highest BCUT2D eigenvalue weighted by Gasteiger charge is 2.43. The van der Waals surface area contributed by atoms with Gasteiger partial charge in [-0.1, -0.05) is 12.8 Å². The number of hydrogen-bond acceptors (Lipinski definition) is 4. The van der Waals surface area contributed by atoms with Crippen molar-refractivity contribution in [3.05, 3.63) is 23.0 Å². The van der Waals surface area contributed by atoms with Crippen LogP contribution in [-0.2, 0) is 11.2 Å². The molecule has 0 aliphatic heterocycles. The van der Waals surface area contributed by atoms with Gasteiger partial charge in [0.15, 0.2) is 0 Å². The Morgan fingerprint density at radius 1 is 1.52 bits per heavy atom. The Bertz CT molecular complexity index is 541. The first-order chi connectivity index (χ1) is 9.93. The van der Waals surface area contributed by atoms with Crippen LogP contribution in [0.4, 0.5) is 0 Å². The molecule has 0 amide bonds. The van der Waals surface area contributed by atoms with Crippen LogP contribution in [0.2, 0.25) is 0 Å². The minimum Gasteiger partial charge on any atom is -0.496 e. The molecule has 0 radical (unpaired) electrons. The molecule has 0 bridgehead atoms. The van der Waals surface area contributed by atoms with Crippen molar-refractivity contribution < 1.29 is 14.6 Å². The number of nitrogens with two attached hydrogens (primary N) is 1. The molecule has 1 fully saturated rings. The van der Waals surface area contributed by atoms with Crippen LogP contribution in [0.25, 0.3) is 0 Å². The van der Waals surface area contributed by atoms with E-state index in [-0.39, 0.29) is 6.54 Å². The zero-order chi connectivity index (χ0) is 15.6. The van der Waals surface area contributed by atoms with E-state index in [9.17, 15) is 9.90 Å². The van der Waals surface area contributed by atoms with Crippen molar-refractivity contribution in [2.75, 3.05) is 13.7 Å². The molecule has 1 unspecified atom stereocenters. The molecule has 0 saturated heterocycles. The molecule has 1 aliphatic carbocycles. The SMILES string of the molecule is COc1c(C)cnc(CC(CN)(CC2CC2)C(=O)O)c1C. The number of ether oxygens (including phenoxy) is 1. The minimum absolute atomic E-state index is 0.135. The quantitative estimate of drug-likeness (QED) is 0.803. The molecule has 1 aromatic rings. The summed E-state index contributed by atoms with van der Waals surface area (Å²) in [5.74, 6) is 0.456. The second-order valence-electron chi connectivity index (χ2n) is 6.16. The second-order valence-corrected chi connectivity index (χ2v) is 6.16. The predicted octanol–water partition coefficient (Wildman–Crippen LogP) is 2.08. The second kappa shape index (κ2) is 6.02. The summed E-state index contributed by atoms with van der Waals surface area (Å²) in [5.41, 5.74) is 7.56. The van der Waals surface area contributed by atoms with Crippen molar-refractivity contribution in [2.45, 2.75) is 39.5 Å². The van der Waals surface area contributed by atoms with E-state index in [1.807, 2.05) is 13.8 Å². The standard InChI is InChI=1S/C16H24N2O3/c1-10-8-18-13(11(2)14(10)21-3)7-16(9-17,15(19)20)6-12-4-5-12/h8,12H,4-7,9,17H2,1-3H3,(H,19,20). The largest absolute Gasteiger partial charge is 0.496 e. The molecular weight excluding hydrogens is 268 g/mol. The summed E-state index contributed by atoms with van der Waals surface area (Å²) in [4.78, 5) is 16.2. The number of aliphatic carboxylic acids is 1. The number of nitrogens with zero attached hydrogens (tertiary/aromatic N) is 1. The lowest BCUT2D eigenvalue weighted by atomic mass is 9.77. The molecule has 21 heavy (non-hydrogen) atoms. The molecule has 0 aromatic carbocycles. The summed E-state index contributed by atoms with van der Waals surface area (Å²) < 4.78 is 5.40. The van der Waals surface area contributed by atoms with Crippen molar-refractivity contribution in [3.63, 3.8) is 0 Å². The highest BCUT2D eigenvalue weighted by molar-refractivity contribution is 5.75. The Balaban J connectivity index is 2.34. The zero-order valence-corrected chi connectivity index (χ0v) is 13.0. The van der Waals surface area contributed by atoms with Crippen molar-refractivity contribution in [2.24, 2.45) is 17.1 Å². The van der Waals surface area contributed by atoms with Crippen molar-refractivity contribution in [1.82, 2.24) is 4.98 Å². The number of rotatable bonds is 7. The summed E-state index contributed by atoms with van der Waals surface area (Å²) in [6, 6.07) is 0. The fourth-order valence-electron chi connectivity index (χ4n) is 2.92. The summed E-state index contributed by atoms with van der Waals surface area (Å²) >= 11 is 0. The van der Waals surface area contributed by atoms with Crippen molar-refractivity contribution >= 4 is 5.97 Å². The number of methoxy groups -OCH3 is 1. The van der Waals surface area contributed by atoms with Gasteiger partial charge in [0.05, 0.1) is 12.5 Å². The molecule has 1 aliphatic rings. The van der Waals surface area contributed by atoms with Crippen LogP contribution in [0.15, 0.2) is 6.20 Å². The molecule has 5 heteroatoms. The number of carboxylic acids is 1. The topological polar surface area (TPSA) is 85.4 Å². The van der Waals surface area contributed by atoms with Gasteiger partial charge in [-0.15, -0.1) is 0 Å². The highest BCUT2D eigenvalue weighted by atomic mass is 16.5. The summed E-state index contributed by atoms with van der Waals surface area (Å²) in [5, 5.41) is 9.69. The minimum atomic E-state index is -0.917. The molecule has 2 rings (SSSR count). The van der Waals surface area contributed by atoms with Crippen molar-refractivity contribution in [3.8, 4) is 5.75 Å². The third-order valence-corrected chi connectivity index (χ3v) is 4.48. The highest BCUT2D eigenvalue weighted by Crippen LogP contribution is 2.42. The van der Waals surface area contributed by atoms with Gasteiger partial charge in [0.1, 0.15) is 5.75 Å². The van der Waals surface area contributed by atoms with E-state index in [0.29, 0.717) is 18.8 Å². The molecule has 3 N–H and O–H groups in total. The van der Waals surface area contributed by atoms with Crippen molar-refractivity contribution in [1.29, 1.82) is 0 Å². The molecule has 0 spiro atoms. The lowest BCUT2D eigenvalue weighted by Gasteiger charge is -2.28. The predicted molar refractivity (Wildman–Crippen MR) is 80.4 cm³/mol. The van der Waals surface area contributed by atoms with Gasteiger partial charge in [-0.25, -0.2) is 0 Å². The van der Waals surface area contributed by atoms with Gasteiger partial charge in [-0.05, 0) is 26.2 Å². The van der Waals surface area contributed by atoms with Gasteiger partial charge in [0.2, 0.25) is 0 Å². The first-order valence-corrected chi connectivity index (χ1v) is 7.36. The maximum absolute atomic E-state index is 11.8. The number of aromatic nitrogens is 1. The first kappa shape index (κ1) is 15.8. The fraction of sp³-hybridized carbons (Fsp3) is 0.625. The number of aryl methyl sites for hydroxylation is 1. The van der Waals surface area contributed by atoms with Crippen LogP contribution in [0, 0.1) is 25.2 Å². The average Bonchev–Trinajstić information content (AvgIpc) is 3.25. The van der Waals surface area contributed by atoms with Crippen LogP contribution in [-0.4, -0.2) is 29.7 Å². The lowest BCUT2D eigenvalue weighted by Crippen LogP contribution is -2.41. The van der Waals surface area contributed by atoms with Crippen LogP contribution in [0.5, 0.6) is 5.75 Å². The van der Waals surface area contributed by atoms with E-state index in [1.54, 1.807) is 13.3 Å². The first-order valence-electron chi connectivity index (χ1n) is 7.36. The Labute approximate surface area is 125 Å². The molecule has 1 aromatic heterocycles. The van der Waals surface area contributed by atoms with Gasteiger partial charge in [0, 0.05) is 36.0 Å². The summed E-state index contributed by atoms with van der Waals surface area (Å²) in [6.45, 7) is 3.99. The van der Waals surface area contributed by atoms with E-state index in [2.05, 4.69) is 4.98 Å². The van der Waals surface area contributed by atoms with Crippen LogP contribution in [0.1, 0.15) is 36.1 Å². The van der Waals surface area contributed by atoms with Crippen LogP contribution < -0.4 is 10.5 Å². The Morgan fingerprint density at radius 2 is 2.19 bits per heavy atom. The van der Waals surface area contributed by atoms with Gasteiger partial charge in [-0.3, -0.25) is 9.78 Å². The Morgan fingerprint density at radius 3 is 2.67 bits per heavy atom. The van der Waals surface area contributed by atoms with Gasteiger partial charge in [0.25, 0.3) is 0 Å². The lowest BCUT2D eigenvalue weighted by molar-refractivity contribution is -0.149. The molecular formula is C16H24N2O3. The van der Waals surface area contributed by atoms with Gasteiger partial charge >= 0.3 is 5.97 Å². The Hall–Kier alpha value is -1.62. The number of carboxylic acid groups (broad SMARTS) is 1. The monoisotopic (exact) mass is 292 g/mol. The molecule has 5 nitrogen and oxygen atoms in total. The van der Waals surface area contributed by atoms with E-state index >= 15 is 0 Å². The van der Waals surface area contributed by atoms with E-state index < -0.39 is 11.4 Å². The number of pyridine rings is 1. The average molecular weight is 292 g/mol. The normalized spacial score (nSPS) is 17.3. The smallest absolute Gasteiger partial charge is 0.311 e. The van der Waals surface area contributed by atoms with Gasteiger partial charge < -0.3 is 15.6 Å². The van der Waals surface area contributed by atoms with Crippen LogP contribution in [0.3, 0.4) is 0 Å². The summed E-state index contributed by atoms with van der Waals surface area (Å²) in [6.07, 6.45) is 4.95. The maximum Gasteiger partial charge on any atom is 0.311 e. The Kier molecular flexibility index (Phi) is 4.52. The zero-order valence-electron chi connectivity index (χ0n) is 13.0. The third kappa shape index (κ3) is 3.18. The fourth-order valence-corrected chi connectivity index (χ4v) is 2.92. The molecule has 116 valence electrons. The molecule has 1 atom stereocenters. The van der Waals surface area contributed by atoms with E-state index in [0.717, 1.165) is 35.4 Å². The molecule has 1 saturated carbocycles. The van der Waals surface area contributed by atoms with Gasteiger partial charge in [-0.2, -0.15) is 0 Å². The summed E-state index contributed by atoms with van der Waals surface area (Å²) in [7, 11) is 1.62. The third-order valence-electron chi connectivity index (χ3n) is 4.48. The van der Waals surface area contributed by atoms with Crippen LogP contribution >= 0.6 is 0 Å². The number of hydrogen-bond donors (Lipinski definition) is 2. The van der Waals surface area contributed by atoms with E-state index in [1.165, 1.54) is 0 Å². The number of carbonyl (C=O) groups is 1. The molecule has 1 heterocycles.